The highest BCUT2D eigenvalue weighted by atomic mass is 32.2. The number of sulfone groups is 1. The number of rotatable bonds is 3. The van der Waals surface area contributed by atoms with Gasteiger partial charge in [0.1, 0.15) is 10.7 Å². The molecule has 0 saturated carbocycles. The van der Waals surface area contributed by atoms with Crippen molar-refractivity contribution in [3.8, 4) is 0 Å². The van der Waals surface area contributed by atoms with Crippen molar-refractivity contribution >= 4 is 26.4 Å². The zero-order valence-corrected chi connectivity index (χ0v) is 17.1. The van der Waals surface area contributed by atoms with Crippen LogP contribution in [0.25, 0.3) is 10.9 Å². The Morgan fingerprint density at radius 2 is 1.62 bits per heavy atom. The van der Waals surface area contributed by atoms with Gasteiger partial charge >= 0.3 is 0 Å². The Bertz CT molecular complexity index is 1230. The summed E-state index contributed by atoms with van der Waals surface area (Å²) in [5, 5.41) is 0.0554. The molecular weight excluding hydrogens is 393 g/mol. The molecule has 2 aromatic carbocycles. The number of pyridine rings is 1. The molecule has 29 heavy (non-hydrogen) atoms. The van der Waals surface area contributed by atoms with Gasteiger partial charge in [0.25, 0.3) is 0 Å². The Morgan fingerprint density at radius 3 is 2.28 bits per heavy atom. The topological polar surface area (TPSA) is 62.6 Å². The van der Waals surface area contributed by atoms with Crippen molar-refractivity contribution in [2.75, 3.05) is 38.1 Å². The number of hydrogen-bond donors (Lipinski definition) is 0. The highest BCUT2D eigenvalue weighted by Crippen LogP contribution is 2.27. The Labute approximate surface area is 168 Å². The van der Waals surface area contributed by atoms with Crippen LogP contribution in [0.2, 0.25) is 0 Å². The summed E-state index contributed by atoms with van der Waals surface area (Å²) in [6.07, 6.45) is 1.32. The van der Waals surface area contributed by atoms with Gasteiger partial charge in [0, 0.05) is 39.4 Å². The van der Waals surface area contributed by atoms with Crippen LogP contribution in [0.15, 0.2) is 63.2 Å². The summed E-state index contributed by atoms with van der Waals surface area (Å²) in [6.45, 7) is 3.02. The molecule has 1 saturated heterocycles. The molecule has 1 fully saturated rings. The number of nitrogens with zero attached hydrogens (tertiary/aromatic N) is 3. The fourth-order valence-corrected chi connectivity index (χ4v) is 5.09. The van der Waals surface area contributed by atoms with E-state index in [4.69, 9.17) is 0 Å². The summed E-state index contributed by atoms with van der Waals surface area (Å²) < 4.78 is 42.4. The molecule has 1 aliphatic rings. The van der Waals surface area contributed by atoms with Crippen LogP contribution in [-0.2, 0) is 16.9 Å². The van der Waals surface area contributed by atoms with Gasteiger partial charge in [0.2, 0.25) is 15.3 Å². The van der Waals surface area contributed by atoms with Crippen molar-refractivity contribution in [3.63, 3.8) is 0 Å². The molecule has 1 aromatic heterocycles. The maximum absolute atomic E-state index is 14.9. The number of benzene rings is 2. The SMILES string of the molecule is CN1CCN(c2cc3c(cc2F)c(=O)c(S(=O)(=O)c2ccccc2)cn3C)CC1. The summed E-state index contributed by atoms with van der Waals surface area (Å²) in [4.78, 5) is 16.8. The van der Waals surface area contributed by atoms with Crippen molar-refractivity contribution in [1.29, 1.82) is 0 Å². The number of anilines is 1. The Hall–Kier alpha value is -2.71. The molecule has 0 unspecified atom stereocenters. The van der Waals surface area contributed by atoms with Gasteiger partial charge in [-0.2, -0.15) is 0 Å². The normalized spacial score (nSPS) is 15.8. The molecule has 2 heterocycles. The first kappa shape index (κ1) is 19.6. The zero-order chi connectivity index (χ0) is 20.8. The molecule has 0 atom stereocenters. The summed E-state index contributed by atoms with van der Waals surface area (Å²) in [6, 6.07) is 10.6. The number of fused-ring (bicyclic) bond motifs is 1. The summed E-state index contributed by atoms with van der Waals surface area (Å²) >= 11 is 0. The van der Waals surface area contributed by atoms with Crippen molar-refractivity contribution in [2.45, 2.75) is 9.79 Å². The molecule has 8 heteroatoms. The van der Waals surface area contributed by atoms with Crippen LogP contribution in [0.3, 0.4) is 0 Å². The van der Waals surface area contributed by atoms with Gasteiger partial charge in [-0.25, -0.2) is 12.8 Å². The molecule has 3 aromatic rings. The molecule has 0 N–H and O–H groups in total. The van der Waals surface area contributed by atoms with E-state index in [-0.39, 0.29) is 15.2 Å². The number of halogens is 1. The lowest BCUT2D eigenvalue weighted by atomic mass is 10.1. The highest BCUT2D eigenvalue weighted by Gasteiger charge is 2.25. The molecule has 0 spiro atoms. The maximum atomic E-state index is 14.9. The second kappa shape index (κ2) is 7.27. The fraction of sp³-hybridized carbons (Fsp3) is 0.286. The lowest BCUT2D eigenvalue weighted by molar-refractivity contribution is 0.312. The summed E-state index contributed by atoms with van der Waals surface area (Å²) in [7, 11) is -0.320. The van der Waals surface area contributed by atoms with Gasteiger partial charge in [0.15, 0.2) is 0 Å². The van der Waals surface area contributed by atoms with Crippen LogP contribution in [-0.4, -0.2) is 51.1 Å². The van der Waals surface area contributed by atoms with Crippen LogP contribution >= 0.6 is 0 Å². The third-order valence-electron chi connectivity index (χ3n) is 5.41. The lowest BCUT2D eigenvalue weighted by Crippen LogP contribution is -2.44. The van der Waals surface area contributed by atoms with Crippen molar-refractivity contribution in [3.05, 3.63) is 64.7 Å². The van der Waals surface area contributed by atoms with Crippen LogP contribution in [0, 0.1) is 5.82 Å². The van der Waals surface area contributed by atoms with Gasteiger partial charge in [-0.3, -0.25) is 4.79 Å². The van der Waals surface area contributed by atoms with E-state index in [1.54, 1.807) is 35.9 Å². The van der Waals surface area contributed by atoms with E-state index in [0.717, 1.165) is 19.2 Å². The highest BCUT2D eigenvalue weighted by molar-refractivity contribution is 7.91. The second-order valence-electron chi connectivity index (χ2n) is 7.36. The molecule has 4 rings (SSSR count). The molecule has 0 radical (unpaired) electrons. The van der Waals surface area contributed by atoms with E-state index in [1.165, 1.54) is 18.3 Å². The molecule has 0 amide bonds. The third-order valence-corrected chi connectivity index (χ3v) is 7.17. The van der Waals surface area contributed by atoms with E-state index in [9.17, 15) is 17.6 Å². The van der Waals surface area contributed by atoms with E-state index in [0.29, 0.717) is 24.3 Å². The largest absolute Gasteiger partial charge is 0.367 e. The fourth-order valence-electron chi connectivity index (χ4n) is 3.67. The average Bonchev–Trinajstić information content (AvgIpc) is 2.71. The van der Waals surface area contributed by atoms with Crippen molar-refractivity contribution in [2.24, 2.45) is 7.05 Å². The van der Waals surface area contributed by atoms with Gasteiger partial charge in [-0.1, -0.05) is 18.2 Å². The van der Waals surface area contributed by atoms with E-state index in [2.05, 4.69) is 4.90 Å². The van der Waals surface area contributed by atoms with Crippen molar-refractivity contribution in [1.82, 2.24) is 9.47 Å². The van der Waals surface area contributed by atoms with Crippen LogP contribution in [0.5, 0.6) is 0 Å². The molecule has 0 bridgehead atoms. The number of piperazine rings is 1. The average molecular weight is 415 g/mol. The number of aromatic nitrogens is 1. The zero-order valence-electron chi connectivity index (χ0n) is 16.3. The van der Waals surface area contributed by atoms with E-state index < -0.39 is 21.1 Å². The Morgan fingerprint density at radius 1 is 0.966 bits per heavy atom. The molecule has 152 valence electrons. The second-order valence-corrected chi connectivity index (χ2v) is 9.28. The molecule has 1 aliphatic heterocycles. The van der Waals surface area contributed by atoms with Gasteiger partial charge in [-0.15, -0.1) is 0 Å². The summed E-state index contributed by atoms with van der Waals surface area (Å²) in [5.41, 5.74) is 0.238. The van der Waals surface area contributed by atoms with Crippen LogP contribution in [0.1, 0.15) is 0 Å². The number of likely N-dealkylation sites (N-methyl/N-ethyl adjacent to an activating group) is 1. The minimum atomic E-state index is -4.00. The first-order valence-corrected chi connectivity index (χ1v) is 10.8. The number of hydrogen-bond acceptors (Lipinski definition) is 5. The van der Waals surface area contributed by atoms with Crippen molar-refractivity contribution < 1.29 is 12.8 Å². The lowest BCUT2D eigenvalue weighted by Gasteiger charge is -2.34. The quantitative estimate of drug-likeness (QED) is 0.657. The minimum absolute atomic E-state index is 0.0333. The van der Waals surface area contributed by atoms with E-state index in [1.807, 2.05) is 11.9 Å². The monoisotopic (exact) mass is 415 g/mol. The molecule has 6 nitrogen and oxygen atoms in total. The molecule has 0 aliphatic carbocycles. The third kappa shape index (κ3) is 3.42. The van der Waals surface area contributed by atoms with Gasteiger partial charge in [0.05, 0.1) is 21.5 Å². The van der Waals surface area contributed by atoms with E-state index >= 15 is 0 Å². The maximum Gasteiger partial charge on any atom is 0.211 e. The van der Waals surface area contributed by atoms with Crippen LogP contribution in [0.4, 0.5) is 10.1 Å². The first-order valence-electron chi connectivity index (χ1n) is 9.35. The van der Waals surface area contributed by atoms with Gasteiger partial charge in [-0.05, 0) is 31.3 Å². The Kier molecular flexibility index (Phi) is 4.92. The molecular formula is C21H22FN3O3S. The predicted octanol–water partition coefficient (Wildman–Crippen LogP) is 2.26. The van der Waals surface area contributed by atoms with Gasteiger partial charge < -0.3 is 14.4 Å². The first-order chi connectivity index (χ1) is 13.8. The predicted molar refractivity (Wildman–Crippen MR) is 111 cm³/mol. The standard InChI is InChI=1S/C21H22FN3O3S/c1-23-8-10-25(11-9-23)19-13-18-16(12-17(19)22)21(26)20(14-24(18)2)29(27,28)15-6-4-3-5-7-15/h3-7,12-14H,8-11H2,1-2H3. The minimum Gasteiger partial charge on any atom is -0.367 e. The Balaban J connectivity index is 1.87. The smallest absolute Gasteiger partial charge is 0.211 e. The number of aryl methyl sites for hydroxylation is 1. The van der Waals surface area contributed by atoms with Crippen LogP contribution < -0.4 is 10.3 Å². The summed E-state index contributed by atoms with van der Waals surface area (Å²) in [5.74, 6) is -0.520.